The van der Waals surface area contributed by atoms with Gasteiger partial charge in [-0.25, -0.2) is 0 Å². The summed E-state index contributed by atoms with van der Waals surface area (Å²) in [5, 5.41) is 0. The summed E-state index contributed by atoms with van der Waals surface area (Å²) in [6.07, 6.45) is 0. The van der Waals surface area contributed by atoms with Crippen LogP contribution in [0.1, 0.15) is 0 Å². The van der Waals surface area contributed by atoms with Gasteiger partial charge in [0.25, 0.3) is 0 Å². The van der Waals surface area contributed by atoms with Crippen molar-refractivity contribution in [3.8, 4) is 0 Å². The minimum Gasteiger partial charge on any atom is -0.325 e. The molecule has 0 atom stereocenters. The summed E-state index contributed by atoms with van der Waals surface area (Å²) in [6.45, 7) is 0. The number of hydrogen-bond donors (Lipinski definition) is 1. The molecular formula is C6H6NaOS. The Balaban J connectivity index is 0.000000640. The van der Waals surface area contributed by atoms with Crippen LogP contribution >= 0.6 is 12.0 Å². The summed E-state index contributed by atoms with van der Waals surface area (Å²) in [5.74, 6) is 0. The second kappa shape index (κ2) is 5.33. The molecule has 1 radical (unpaired) electrons. The third kappa shape index (κ3) is 3.28. The van der Waals surface area contributed by atoms with Crippen LogP contribution in [-0.4, -0.2) is 34.1 Å². The number of rotatable bonds is 1. The molecule has 1 aromatic rings. The van der Waals surface area contributed by atoms with Gasteiger partial charge in [-0.1, -0.05) is 18.2 Å². The molecule has 0 aliphatic carbocycles. The van der Waals surface area contributed by atoms with Crippen LogP contribution < -0.4 is 0 Å². The minimum atomic E-state index is 0. The Hall–Kier alpha value is 0.530. The smallest absolute Gasteiger partial charge is 0.0350 e. The van der Waals surface area contributed by atoms with E-state index in [2.05, 4.69) is 0 Å². The van der Waals surface area contributed by atoms with Gasteiger partial charge in [-0.2, -0.15) is 0 Å². The average molecular weight is 149 g/mol. The normalized spacial score (nSPS) is 8.11. The van der Waals surface area contributed by atoms with Gasteiger partial charge in [-0.15, -0.1) is 0 Å². The summed E-state index contributed by atoms with van der Waals surface area (Å²) >= 11 is 0.769. The quantitative estimate of drug-likeness (QED) is 0.486. The van der Waals surface area contributed by atoms with Gasteiger partial charge in [0, 0.05) is 46.5 Å². The second-order valence-corrected chi connectivity index (χ2v) is 2.06. The third-order valence-electron chi connectivity index (χ3n) is 0.849. The molecule has 0 spiro atoms. The van der Waals surface area contributed by atoms with E-state index in [0.717, 1.165) is 16.9 Å². The first-order valence-electron chi connectivity index (χ1n) is 2.30. The predicted molar refractivity (Wildman–Crippen MR) is 40.7 cm³/mol. The van der Waals surface area contributed by atoms with E-state index < -0.39 is 0 Å². The van der Waals surface area contributed by atoms with Gasteiger partial charge in [-0.3, -0.25) is 0 Å². The maximum atomic E-state index is 8.45. The topological polar surface area (TPSA) is 20.2 Å². The molecular weight excluding hydrogens is 143 g/mol. The molecule has 0 heterocycles. The molecule has 3 heteroatoms. The molecule has 0 saturated heterocycles. The fraction of sp³-hybridized carbons (Fsp3) is 0. The van der Waals surface area contributed by atoms with E-state index in [-0.39, 0.29) is 29.6 Å². The molecule has 0 unspecified atom stereocenters. The van der Waals surface area contributed by atoms with E-state index in [1.54, 1.807) is 0 Å². The maximum absolute atomic E-state index is 8.45. The largest absolute Gasteiger partial charge is 0.325 e. The van der Waals surface area contributed by atoms with Gasteiger partial charge in [0.15, 0.2) is 0 Å². The fourth-order valence-corrected chi connectivity index (χ4v) is 0.760. The summed E-state index contributed by atoms with van der Waals surface area (Å²) in [4.78, 5) is 0.882. The van der Waals surface area contributed by atoms with Gasteiger partial charge in [0.05, 0.1) is 0 Å². The monoisotopic (exact) mass is 149 g/mol. The first-order chi connectivity index (χ1) is 3.93. The third-order valence-corrected chi connectivity index (χ3v) is 1.33. The Kier molecular flexibility index (Phi) is 5.64. The molecule has 1 N–H and O–H groups in total. The molecule has 1 nitrogen and oxygen atoms in total. The zero-order valence-corrected chi connectivity index (χ0v) is 8.06. The molecule has 0 bridgehead atoms. The Labute approximate surface area is 81.0 Å². The van der Waals surface area contributed by atoms with Crippen LogP contribution in [0.5, 0.6) is 0 Å². The Morgan fingerprint density at radius 3 is 2.00 bits per heavy atom. The van der Waals surface area contributed by atoms with Crippen LogP contribution in [0.25, 0.3) is 0 Å². The average Bonchev–Trinajstić information content (AvgIpc) is 1.90. The minimum absolute atomic E-state index is 0. The van der Waals surface area contributed by atoms with E-state index in [4.69, 9.17) is 4.55 Å². The molecule has 1 aromatic carbocycles. The van der Waals surface area contributed by atoms with Gasteiger partial charge < -0.3 is 4.55 Å². The maximum Gasteiger partial charge on any atom is 0.0350 e. The van der Waals surface area contributed by atoms with Crippen molar-refractivity contribution in [3.63, 3.8) is 0 Å². The van der Waals surface area contributed by atoms with Crippen molar-refractivity contribution in [1.82, 2.24) is 0 Å². The number of benzene rings is 1. The van der Waals surface area contributed by atoms with Crippen molar-refractivity contribution in [1.29, 1.82) is 0 Å². The Bertz CT molecular complexity index is 154. The summed E-state index contributed by atoms with van der Waals surface area (Å²) < 4.78 is 8.45. The molecule has 0 saturated carbocycles. The van der Waals surface area contributed by atoms with Crippen molar-refractivity contribution in [2.75, 3.05) is 0 Å². The van der Waals surface area contributed by atoms with Crippen molar-refractivity contribution < 1.29 is 4.55 Å². The van der Waals surface area contributed by atoms with Crippen LogP contribution in [0.4, 0.5) is 0 Å². The van der Waals surface area contributed by atoms with Crippen LogP contribution in [0.15, 0.2) is 35.2 Å². The van der Waals surface area contributed by atoms with Crippen molar-refractivity contribution in [2.45, 2.75) is 4.90 Å². The van der Waals surface area contributed by atoms with Crippen LogP contribution in [0, 0.1) is 0 Å². The van der Waals surface area contributed by atoms with Gasteiger partial charge >= 0.3 is 0 Å². The van der Waals surface area contributed by atoms with Crippen LogP contribution in [0.3, 0.4) is 0 Å². The molecule has 0 aliphatic rings. The van der Waals surface area contributed by atoms with E-state index in [0.29, 0.717) is 0 Å². The molecule has 0 fully saturated rings. The van der Waals surface area contributed by atoms with E-state index in [9.17, 15) is 0 Å². The summed E-state index contributed by atoms with van der Waals surface area (Å²) in [6, 6.07) is 9.40. The predicted octanol–water partition coefficient (Wildman–Crippen LogP) is 1.87. The molecule has 1 rings (SSSR count). The van der Waals surface area contributed by atoms with Crippen LogP contribution in [0.2, 0.25) is 0 Å². The van der Waals surface area contributed by atoms with Gasteiger partial charge in [0.1, 0.15) is 0 Å². The first-order valence-corrected chi connectivity index (χ1v) is 3.07. The van der Waals surface area contributed by atoms with E-state index in [1.165, 1.54) is 0 Å². The number of hydrogen-bond acceptors (Lipinski definition) is 2. The van der Waals surface area contributed by atoms with Gasteiger partial charge in [-0.05, 0) is 12.1 Å². The summed E-state index contributed by atoms with van der Waals surface area (Å²) in [5.41, 5.74) is 0. The molecule has 43 valence electrons. The van der Waals surface area contributed by atoms with E-state index in [1.807, 2.05) is 30.3 Å². The molecule has 0 aliphatic heterocycles. The Morgan fingerprint density at radius 1 is 1.11 bits per heavy atom. The molecule has 0 aromatic heterocycles. The zero-order chi connectivity index (χ0) is 5.82. The SMILES string of the molecule is OSc1ccccc1.[Na]. The zero-order valence-electron chi connectivity index (χ0n) is 5.24. The second-order valence-electron chi connectivity index (χ2n) is 1.40. The fourth-order valence-electron chi connectivity index (χ4n) is 0.481. The summed E-state index contributed by atoms with van der Waals surface area (Å²) in [7, 11) is 0. The standard InChI is InChI=1S/C6H6OS.Na/c7-8-6-4-2-1-3-5-6;/h1-5,7H;. The first kappa shape index (κ1) is 9.53. The van der Waals surface area contributed by atoms with Crippen LogP contribution in [-0.2, 0) is 0 Å². The van der Waals surface area contributed by atoms with E-state index >= 15 is 0 Å². The van der Waals surface area contributed by atoms with Crippen molar-refractivity contribution in [3.05, 3.63) is 30.3 Å². The van der Waals surface area contributed by atoms with Crippen molar-refractivity contribution >= 4 is 41.6 Å². The molecule has 0 amide bonds. The van der Waals surface area contributed by atoms with Crippen molar-refractivity contribution in [2.24, 2.45) is 0 Å². The Morgan fingerprint density at radius 2 is 1.67 bits per heavy atom. The molecule has 9 heavy (non-hydrogen) atoms. The van der Waals surface area contributed by atoms with Gasteiger partial charge in [0.2, 0.25) is 0 Å².